The van der Waals surface area contributed by atoms with Crippen LogP contribution in [0.3, 0.4) is 0 Å². The van der Waals surface area contributed by atoms with E-state index < -0.39 is 86.9 Å². The quantitative estimate of drug-likeness (QED) is 0.190. The third kappa shape index (κ3) is 4.37. The minimum Gasteiger partial charge on any atom is -0.394 e. The van der Waals surface area contributed by atoms with Crippen molar-refractivity contribution in [3.8, 4) is 0 Å². The maximum Gasteiger partial charge on any atom is 0.351 e. The van der Waals surface area contributed by atoms with Gasteiger partial charge in [-0.25, -0.2) is 4.79 Å². The van der Waals surface area contributed by atoms with Gasteiger partial charge in [-0.15, -0.1) is 0 Å². The van der Waals surface area contributed by atoms with Gasteiger partial charge in [0.05, 0.1) is 13.2 Å². The van der Waals surface area contributed by atoms with E-state index in [1.165, 1.54) is 6.07 Å². The molecule has 0 radical (unpaired) electrons. The zero-order valence-electron chi connectivity index (χ0n) is 16.6. The molecule has 1 aromatic heterocycles. The van der Waals surface area contributed by atoms with Crippen LogP contribution in [0.25, 0.3) is 0 Å². The van der Waals surface area contributed by atoms with Gasteiger partial charge in [0.25, 0.3) is 0 Å². The van der Waals surface area contributed by atoms with Crippen molar-refractivity contribution in [3.63, 3.8) is 0 Å². The Balaban J connectivity index is 2.09. The van der Waals surface area contributed by atoms with Crippen LogP contribution >= 0.6 is 0 Å². The Morgan fingerprint density at radius 1 is 0.812 bits per heavy atom. The van der Waals surface area contributed by atoms with Crippen molar-refractivity contribution in [3.05, 3.63) is 22.7 Å². The maximum atomic E-state index is 12.2. The predicted molar refractivity (Wildman–Crippen MR) is 101 cm³/mol. The van der Waals surface area contributed by atoms with E-state index >= 15 is 0 Å². The predicted octanol–water partition coefficient (Wildman–Crippen LogP) is -6.40. The van der Waals surface area contributed by atoms with Crippen LogP contribution in [0.2, 0.25) is 0 Å². The van der Waals surface area contributed by atoms with E-state index in [0.29, 0.717) is 0 Å². The van der Waals surface area contributed by atoms with Crippen molar-refractivity contribution in [2.45, 2.75) is 68.0 Å². The van der Waals surface area contributed by atoms with Crippen molar-refractivity contribution < 1.29 is 55.4 Å². The van der Waals surface area contributed by atoms with Crippen LogP contribution in [0.5, 0.6) is 0 Å². The molecule has 0 aromatic carbocycles. The van der Waals surface area contributed by atoms with Crippen molar-refractivity contribution >= 4 is 5.82 Å². The second-order valence-electron chi connectivity index (χ2n) is 7.53. The van der Waals surface area contributed by atoms with E-state index in [1.807, 2.05) is 0 Å². The molecule has 2 fully saturated rings. The van der Waals surface area contributed by atoms with Crippen LogP contribution in [0.1, 0.15) is 0 Å². The molecule has 0 bridgehead atoms. The average molecular weight is 465 g/mol. The first-order valence-electron chi connectivity index (χ1n) is 9.74. The fourth-order valence-corrected chi connectivity index (χ4v) is 3.70. The smallest absolute Gasteiger partial charge is 0.351 e. The van der Waals surface area contributed by atoms with Crippen LogP contribution in [0.15, 0.2) is 17.1 Å². The van der Waals surface area contributed by atoms with E-state index in [0.717, 1.165) is 15.7 Å². The lowest BCUT2D eigenvalue weighted by atomic mass is 9.95. The molecule has 2 aliphatic rings. The first kappa shape index (κ1) is 24.9. The van der Waals surface area contributed by atoms with E-state index in [4.69, 9.17) is 9.47 Å². The van der Waals surface area contributed by atoms with Gasteiger partial charge in [-0.1, -0.05) is 0 Å². The summed E-state index contributed by atoms with van der Waals surface area (Å²) in [5, 5.41) is 89.8. The van der Waals surface area contributed by atoms with Gasteiger partial charge >= 0.3 is 5.69 Å². The summed E-state index contributed by atoms with van der Waals surface area (Å²) in [7, 11) is 0. The van der Waals surface area contributed by atoms with Gasteiger partial charge in [0.15, 0.2) is 12.5 Å². The third-order valence-corrected chi connectivity index (χ3v) is 5.56. The second-order valence-corrected chi connectivity index (χ2v) is 7.53. The highest BCUT2D eigenvalue weighted by Crippen LogP contribution is 2.33. The Labute approximate surface area is 180 Å². The number of ether oxygens (including phenoxy) is 2. The van der Waals surface area contributed by atoms with Gasteiger partial charge in [0.2, 0.25) is 0 Å². The topological polar surface area (TPSA) is 239 Å². The monoisotopic (exact) mass is 465 g/mol. The number of rotatable bonds is 6. The molecule has 10 atom stereocenters. The maximum absolute atomic E-state index is 12.2. The average Bonchev–Trinajstić information content (AvgIpc) is 2.79. The minimum absolute atomic E-state index is 0.312. The van der Waals surface area contributed by atoms with Crippen LogP contribution in [-0.4, -0.2) is 130 Å². The normalized spacial score (nSPS) is 40.3. The van der Waals surface area contributed by atoms with Crippen molar-refractivity contribution in [2.24, 2.45) is 0 Å². The number of aromatic nitrogens is 2. The van der Waals surface area contributed by atoms with Crippen LogP contribution in [0.4, 0.5) is 5.82 Å². The lowest BCUT2D eigenvalue weighted by Crippen LogP contribution is -2.70. The summed E-state index contributed by atoms with van der Waals surface area (Å²) in [5.74, 6) is -0.312. The van der Waals surface area contributed by atoms with Gasteiger partial charge < -0.3 is 55.4 Å². The molecule has 2 unspecified atom stereocenters. The molecule has 0 saturated carbocycles. The Bertz CT molecular complexity index is 786. The number of hydrogen-bond acceptors (Lipinski definition) is 14. The number of anilines is 1. The highest BCUT2D eigenvalue weighted by Gasteiger charge is 2.53. The van der Waals surface area contributed by atoms with E-state index in [9.17, 15) is 50.8 Å². The summed E-state index contributed by atoms with van der Waals surface area (Å²) in [6.45, 7) is -2.25. The number of hydrogen-bond donors (Lipinski definition) is 9. The molecule has 32 heavy (non-hydrogen) atoms. The molecule has 2 saturated heterocycles. The molecule has 0 aliphatic carbocycles. The van der Waals surface area contributed by atoms with Gasteiger partial charge in [-0.3, -0.25) is 9.47 Å². The highest BCUT2D eigenvalue weighted by molar-refractivity contribution is 5.40. The molecule has 182 valence electrons. The Morgan fingerprint density at radius 2 is 1.28 bits per heavy atom. The second kappa shape index (κ2) is 10.0. The van der Waals surface area contributed by atoms with Crippen LogP contribution in [-0.2, 0) is 16.2 Å². The largest absolute Gasteiger partial charge is 0.394 e. The highest BCUT2D eigenvalue weighted by atomic mass is 16.6. The summed E-state index contributed by atoms with van der Waals surface area (Å²) in [6, 6.07) is 1.17. The molecular weight excluding hydrogens is 438 g/mol. The van der Waals surface area contributed by atoms with E-state index in [1.54, 1.807) is 0 Å². The van der Waals surface area contributed by atoms with Gasteiger partial charge in [0.1, 0.15) is 61.4 Å². The Hall–Kier alpha value is -1.76. The molecule has 15 heteroatoms. The van der Waals surface area contributed by atoms with Crippen LogP contribution < -0.4 is 10.6 Å². The third-order valence-electron chi connectivity index (χ3n) is 5.56. The van der Waals surface area contributed by atoms with Crippen molar-refractivity contribution in [1.82, 2.24) is 9.55 Å². The van der Waals surface area contributed by atoms with E-state index in [2.05, 4.69) is 4.98 Å². The number of nitrogens with zero attached hydrogens (tertiary/aromatic N) is 3. The molecule has 9 N–H and O–H groups in total. The fraction of sp³-hybridized carbons (Fsp3) is 0.765. The van der Waals surface area contributed by atoms with Gasteiger partial charge in [-0.2, -0.15) is 4.98 Å². The first-order chi connectivity index (χ1) is 15.2. The minimum atomic E-state index is -1.89. The van der Waals surface area contributed by atoms with Gasteiger partial charge in [-0.05, 0) is 6.07 Å². The van der Waals surface area contributed by atoms with Crippen molar-refractivity contribution in [1.29, 1.82) is 0 Å². The lowest BCUT2D eigenvalue weighted by Gasteiger charge is -2.50. The zero-order valence-corrected chi connectivity index (χ0v) is 16.6. The molecular formula is C17H27N3O12. The Kier molecular flexibility index (Phi) is 7.79. The molecule has 2 aliphatic heterocycles. The molecule has 3 heterocycles. The van der Waals surface area contributed by atoms with Gasteiger partial charge in [0, 0.05) is 6.20 Å². The SMILES string of the molecule is O=c1nc(N(C2O[C@H](CO)[C@@H](O)[C@H](O)[C@H]2O)C2O[C@H](CO)[C@@H](O)[C@H](O)[C@H]2O)ccn1CO. The Morgan fingerprint density at radius 3 is 1.66 bits per heavy atom. The number of aliphatic hydroxyl groups excluding tert-OH is 9. The molecule has 0 spiro atoms. The number of aliphatic hydroxyl groups is 9. The molecule has 0 amide bonds. The summed E-state index contributed by atoms with van der Waals surface area (Å²) in [4.78, 5) is 16.8. The first-order valence-corrected chi connectivity index (χ1v) is 9.74. The summed E-state index contributed by atoms with van der Waals surface area (Å²) >= 11 is 0. The standard InChI is InChI=1S/C17H27N3O12/c21-3-6-9(24)11(26)13(28)15(31-6)20(8-1-2-19(5-23)17(30)18-8)16-14(29)12(27)10(25)7(4-22)32-16/h1-2,6-7,9-16,21-29H,3-5H2/t6-,7-,9-,10-,11+,12+,13-,14-,15?,16?/m1/s1. The summed E-state index contributed by atoms with van der Waals surface area (Å²) in [5.41, 5.74) is -0.954. The molecule has 1 aromatic rings. The van der Waals surface area contributed by atoms with E-state index in [-0.39, 0.29) is 5.82 Å². The zero-order chi connectivity index (χ0) is 23.7. The summed E-state index contributed by atoms with van der Waals surface area (Å²) < 4.78 is 11.8. The molecule has 15 nitrogen and oxygen atoms in total. The van der Waals surface area contributed by atoms with Crippen molar-refractivity contribution in [2.75, 3.05) is 18.1 Å². The molecule has 3 rings (SSSR count). The lowest BCUT2D eigenvalue weighted by molar-refractivity contribution is -0.260. The fourth-order valence-electron chi connectivity index (χ4n) is 3.70. The summed E-state index contributed by atoms with van der Waals surface area (Å²) in [6.07, 6.45) is -15.9. The van der Waals surface area contributed by atoms with Crippen LogP contribution in [0, 0.1) is 0 Å².